The van der Waals surface area contributed by atoms with E-state index in [1.807, 2.05) is 22.9 Å². The van der Waals surface area contributed by atoms with Crippen LogP contribution in [-0.2, 0) is 6.54 Å². The van der Waals surface area contributed by atoms with Gasteiger partial charge in [-0.25, -0.2) is 4.98 Å². The number of aliphatic hydroxyl groups excluding tert-OH is 1. The molecule has 1 aliphatic rings. The van der Waals surface area contributed by atoms with Gasteiger partial charge in [0.05, 0.1) is 18.7 Å². The number of nitrogen functional groups attached to an aromatic ring is 1. The lowest BCUT2D eigenvalue weighted by atomic mass is 10.1. The monoisotopic (exact) mass is 327 g/mol. The average Bonchev–Trinajstić information content (AvgIpc) is 2.95. The Bertz CT molecular complexity index is 876. The molecule has 4 N–H and O–H groups in total. The van der Waals surface area contributed by atoms with Gasteiger partial charge < -0.3 is 16.2 Å². The molecule has 0 saturated heterocycles. The standard InChI is InChI=1S/C16H17N5OS/c17-11-3-4-12-13-14(20-21(12)8-6-18-7-9-22)10-2-1-5-19-16(10)23-15(11)13/h1-5,18,22H,6-9,17H2. The van der Waals surface area contributed by atoms with Crippen LogP contribution in [0.1, 0.15) is 0 Å². The normalized spacial score (nSPS) is 12.6. The maximum Gasteiger partial charge on any atom is 0.110 e. The van der Waals surface area contributed by atoms with Crippen LogP contribution in [0, 0.1) is 0 Å². The highest BCUT2D eigenvalue weighted by Gasteiger charge is 2.25. The Morgan fingerprint density at radius 1 is 1.26 bits per heavy atom. The van der Waals surface area contributed by atoms with Crippen LogP contribution in [0.15, 0.2) is 40.4 Å². The predicted octanol–water partition coefficient (Wildman–Crippen LogP) is 1.73. The number of pyridine rings is 1. The number of benzene rings is 1. The molecule has 3 heterocycles. The fraction of sp³-hybridized carbons (Fsp3) is 0.250. The zero-order valence-electron chi connectivity index (χ0n) is 12.5. The van der Waals surface area contributed by atoms with Crippen LogP contribution in [0.25, 0.3) is 22.2 Å². The first-order chi connectivity index (χ1) is 11.3. The summed E-state index contributed by atoms with van der Waals surface area (Å²) in [6.45, 7) is 2.22. The Kier molecular flexibility index (Phi) is 3.68. The van der Waals surface area contributed by atoms with Crippen molar-refractivity contribution in [3.63, 3.8) is 0 Å². The molecule has 0 radical (unpaired) electrons. The Hall–Kier alpha value is -2.09. The Balaban J connectivity index is 1.83. The third-order valence-electron chi connectivity index (χ3n) is 3.92. The summed E-state index contributed by atoms with van der Waals surface area (Å²) in [6, 6.07) is 7.95. The first-order valence-corrected chi connectivity index (χ1v) is 8.35. The second kappa shape index (κ2) is 5.84. The lowest BCUT2D eigenvalue weighted by molar-refractivity contribution is 0.291. The summed E-state index contributed by atoms with van der Waals surface area (Å²) >= 11 is 1.61. The number of hydrogen-bond donors (Lipinski definition) is 3. The first kappa shape index (κ1) is 14.5. The van der Waals surface area contributed by atoms with E-state index in [1.54, 1.807) is 18.0 Å². The van der Waals surface area contributed by atoms with Gasteiger partial charge in [-0.2, -0.15) is 5.10 Å². The molecule has 0 bridgehead atoms. The molecule has 4 rings (SSSR count). The second-order valence-electron chi connectivity index (χ2n) is 5.38. The summed E-state index contributed by atoms with van der Waals surface area (Å²) in [5.74, 6) is 0. The van der Waals surface area contributed by atoms with Crippen molar-refractivity contribution in [2.45, 2.75) is 16.5 Å². The maximum absolute atomic E-state index is 8.85. The molecule has 0 fully saturated rings. The van der Waals surface area contributed by atoms with Crippen molar-refractivity contribution in [2.24, 2.45) is 0 Å². The zero-order valence-corrected chi connectivity index (χ0v) is 13.3. The minimum absolute atomic E-state index is 0.140. The van der Waals surface area contributed by atoms with Gasteiger partial charge in [-0.1, -0.05) is 11.8 Å². The van der Waals surface area contributed by atoms with Crippen LogP contribution < -0.4 is 11.1 Å². The average molecular weight is 327 g/mol. The van der Waals surface area contributed by atoms with Gasteiger partial charge in [0.1, 0.15) is 10.7 Å². The van der Waals surface area contributed by atoms with Crippen molar-refractivity contribution >= 4 is 28.4 Å². The first-order valence-electron chi connectivity index (χ1n) is 7.53. The van der Waals surface area contributed by atoms with E-state index in [-0.39, 0.29) is 6.61 Å². The van der Waals surface area contributed by atoms with Crippen LogP contribution in [0.2, 0.25) is 0 Å². The topological polar surface area (TPSA) is 89.0 Å². The molecular formula is C16H17N5OS. The maximum atomic E-state index is 8.85. The summed E-state index contributed by atoms with van der Waals surface area (Å²) < 4.78 is 2.00. The van der Waals surface area contributed by atoms with Crippen LogP contribution >= 0.6 is 11.8 Å². The van der Waals surface area contributed by atoms with E-state index in [1.165, 1.54) is 0 Å². The van der Waals surface area contributed by atoms with E-state index in [9.17, 15) is 0 Å². The van der Waals surface area contributed by atoms with Crippen molar-refractivity contribution in [3.8, 4) is 11.3 Å². The van der Waals surface area contributed by atoms with Gasteiger partial charge in [0.2, 0.25) is 0 Å². The molecule has 0 aliphatic carbocycles. The minimum Gasteiger partial charge on any atom is -0.398 e. The lowest BCUT2D eigenvalue weighted by Gasteiger charge is -2.15. The number of rotatable bonds is 5. The van der Waals surface area contributed by atoms with E-state index in [4.69, 9.17) is 15.9 Å². The van der Waals surface area contributed by atoms with Crippen molar-refractivity contribution in [1.82, 2.24) is 20.1 Å². The van der Waals surface area contributed by atoms with Crippen molar-refractivity contribution in [3.05, 3.63) is 30.5 Å². The highest BCUT2D eigenvalue weighted by molar-refractivity contribution is 7.99. The van der Waals surface area contributed by atoms with E-state index in [2.05, 4.69) is 16.4 Å². The fourth-order valence-electron chi connectivity index (χ4n) is 2.86. The number of aliphatic hydroxyl groups is 1. The lowest BCUT2D eigenvalue weighted by Crippen LogP contribution is -2.23. The summed E-state index contributed by atoms with van der Waals surface area (Å²) in [6.07, 6.45) is 1.79. The highest BCUT2D eigenvalue weighted by Crippen LogP contribution is 2.48. The Labute approximate surface area is 137 Å². The molecule has 0 atom stereocenters. The molecule has 3 aromatic rings. The van der Waals surface area contributed by atoms with Gasteiger partial charge in [0.25, 0.3) is 0 Å². The summed E-state index contributed by atoms with van der Waals surface area (Å²) in [7, 11) is 0. The van der Waals surface area contributed by atoms with Gasteiger partial charge in [0.15, 0.2) is 0 Å². The highest BCUT2D eigenvalue weighted by atomic mass is 32.2. The third-order valence-corrected chi connectivity index (χ3v) is 5.08. The largest absolute Gasteiger partial charge is 0.398 e. The quantitative estimate of drug-likeness (QED) is 0.382. The number of nitrogens with two attached hydrogens (primary N) is 1. The van der Waals surface area contributed by atoms with Gasteiger partial charge in [-0.15, -0.1) is 0 Å². The number of nitrogens with one attached hydrogen (secondary N) is 1. The molecular weight excluding hydrogens is 310 g/mol. The summed E-state index contributed by atoms with van der Waals surface area (Å²) in [5, 5.41) is 18.9. The third kappa shape index (κ3) is 2.37. The van der Waals surface area contributed by atoms with E-state index in [0.29, 0.717) is 6.54 Å². The van der Waals surface area contributed by atoms with E-state index >= 15 is 0 Å². The van der Waals surface area contributed by atoms with Crippen LogP contribution in [0.4, 0.5) is 5.69 Å². The number of hydrogen-bond acceptors (Lipinski definition) is 6. The number of nitrogens with zero attached hydrogens (tertiary/aromatic N) is 3. The van der Waals surface area contributed by atoms with Gasteiger partial charge in [-0.05, 0) is 24.3 Å². The molecule has 2 aromatic heterocycles. The smallest absolute Gasteiger partial charge is 0.110 e. The minimum atomic E-state index is 0.140. The van der Waals surface area contributed by atoms with Crippen LogP contribution in [-0.4, -0.2) is 39.6 Å². The summed E-state index contributed by atoms with van der Waals surface area (Å²) in [4.78, 5) is 5.50. The van der Waals surface area contributed by atoms with E-state index in [0.717, 1.165) is 50.9 Å². The fourth-order valence-corrected chi connectivity index (χ4v) is 3.93. The molecule has 1 aliphatic heterocycles. The van der Waals surface area contributed by atoms with Gasteiger partial charge >= 0.3 is 0 Å². The van der Waals surface area contributed by atoms with E-state index < -0.39 is 0 Å². The molecule has 0 saturated carbocycles. The molecule has 23 heavy (non-hydrogen) atoms. The van der Waals surface area contributed by atoms with Crippen LogP contribution in [0.5, 0.6) is 0 Å². The second-order valence-corrected chi connectivity index (χ2v) is 6.38. The molecule has 118 valence electrons. The zero-order chi connectivity index (χ0) is 15.8. The molecule has 6 nitrogen and oxygen atoms in total. The van der Waals surface area contributed by atoms with Crippen molar-refractivity contribution < 1.29 is 5.11 Å². The predicted molar refractivity (Wildman–Crippen MR) is 91.5 cm³/mol. The number of anilines is 1. The van der Waals surface area contributed by atoms with Crippen LogP contribution in [0.3, 0.4) is 0 Å². The molecule has 7 heteroatoms. The van der Waals surface area contributed by atoms with Crippen molar-refractivity contribution in [2.75, 3.05) is 25.4 Å². The molecule has 0 amide bonds. The SMILES string of the molecule is Nc1ccc2c3c(nn2CCNCCO)-c2cccnc2Sc13. The van der Waals surface area contributed by atoms with Crippen molar-refractivity contribution in [1.29, 1.82) is 0 Å². The Morgan fingerprint density at radius 3 is 3.04 bits per heavy atom. The molecule has 0 spiro atoms. The molecule has 0 unspecified atom stereocenters. The van der Waals surface area contributed by atoms with Gasteiger partial charge in [0, 0.05) is 40.8 Å². The summed E-state index contributed by atoms with van der Waals surface area (Å²) in [5.41, 5.74) is 10.0. The number of fused-ring (bicyclic) bond motifs is 2. The molecule has 1 aromatic carbocycles. The van der Waals surface area contributed by atoms with Gasteiger partial charge in [-0.3, -0.25) is 4.68 Å². The Morgan fingerprint density at radius 2 is 2.17 bits per heavy atom. The number of aromatic nitrogens is 3.